The van der Waals surface area contributed by atoms with E-state index in [1.807, 2.05) is 85.2 Å². The Bertz CT molecular complexity index is 1460. The van der Waals surface area contributed by atoms with E-state index < -0.39 is 0 Å². The molecule has 4 aromatic rings. The number of furan rings is 1. The molecule has 176 valence electrons. The van der Waals surface area contributed by atoms with Crippen molar-refractivity contribution in [2.45, 2.75) is 20.4 Å². The van der Waals surface area contributed by atoms with Gasteiger partial charge in [-0.1, -0.05) is 47.5 Å². The number of aryl methyl sites for hydroxylation is 1. The molecule has 0 N–H and O–H groups in total. The quantitative estimate of drug-likeness (QED) is 0.251. The lowest BCUT2D eigenvalue weighted by molar-refractivity contribution is -0.122. The van der Waals surface area contributed by atoms with Gasteiger partial charge in [-0.15, -0.1) is 0 Å². The van der Waals surface area contributed by atoms with Gasteiger partial charge in [0.1, 0.15) is 5.76 Å². The van der Waals surface area contributed by atoms with Crippen molar-refractivity contribution in [2.75, 3.05) is 0 Å². The third kappa shape index (κ3) is 4.69. The third-order valence-electron chi connectivity index (χ3n) is 5.69. The zero-order valence-electron chi connectivity index (χ0n) is 19.0. The predicted molar refractivity (Wildman–Crippen MR) is 144 cm³/mol. The van der Waals surface area contributed by atoms with E-state index in [-0.39, 0.29) is 5.91 Å². The minimum absolute atomic E-state index is 0.119. The summed E-state index contributed by atoms with van der Waals surface area (Å²) in [6.07, 6.45) is 3.51. The largest absolute Gasteiger partial charge is 0.467 e. The highest BCUT2D eigenvalue weighted by atomic mass is 35.5. The molecule has 3 heterocycles. The lowest BCUT2D eigenvalue weighted by Gasteiger charge is -2.13. The predicted octanol–water partition coefficient (Wildman–Crippen LogP) is 7.80. The number of hydrogen-bond donors (Lipinski definition) is 0. The van der Waals surface area contributed by atoms with Crippen molar-refractivity contribution in [3.63, 3.8) is 0 Å². The maximum Gasteiger partial charge on any atom is 0.267 e. The van der Waals surface area contributed by atoms with Gasteiger partial charge in [0.25, 0.3) is 5.91 Å². The number of nitrogens with zero attached hydrogens (tertiary/aromatic N) is 3. The number of halogens is 2. The van der Waals surface area contributed by atoms with Gasteiger partial charge >= 0.3 is 0 Å². The number of aliphatic imine (C=N–C) groups is 1. The molecule has 2 aromatic carbocycles. The van der Waals surface area contributed by atoms with E-state index in [1.165, 1.54) is 11.8 Å². The molecule has 5 nitrogen and oxygen atoms in total. The summed E-state index contributed by atoms with van der Waals surface area (Å²) in [7, 11) is 0. The molecule has 5 rings (SSSR count). The standard InChI is InChI=1S/C27H21Cl2N3O2S/c1-17-14-19(18(2)32(17)23-12-6-11-22(28)25(23)29)15-24-26(33)31(16-21-10-7-13-34-21)27(35-24)30-20-8-4-3-5-9-20/h3-15H,16H2,1-2H3. The zero-order valence-corrected chi connectivity index (χ0v) is 21.4. The van der Waals surface area contributed by atoms with E-state index in [1.54, 1.807) is 17.2 Å². The number of amidine groups is 1. The van der Waals surface area contributed by atoms with E-state index in [2.05, 4.69) is 0 Å². The van der Waals surface area contributed by atoms with Crippen LogP contribution in [0.5, 0.6) is 0 Å². The van der Waals surface area contributed by atoms with Crippen LogP contribution in [-0.2, 0) is 11.3 Å². The van der Waals surface area contributed by atoms with Crippen LogP contribution < -0.4 is 0 Å². The van der Waals surface area contributed by atoms with E-state index in [9.17, 15) is 4.79 Å². The Morgan fingerprint density at radius 3 is 2.57 bits per heavy atom. The van der Waals surface area contributed by atoms with Gasteiger partial charge in [-0.2, -0.15) is 0 Å². The highest BCUT2D eigenvalue weighted by Gasteiger charge is 2.34. The number of benzene rings is 2. The number of carbonyl (C=O) groups excluding carboxylic acids is 1. The summed E-state index contributed by atoms with van der Waals surface area (Å²) in [6.45, 7) is 4.31. The normalized spacial score (nSPS) is 16.1. The molecular weight excluding hydrogens is 501 g/mol. The van der Waals surface area contributed by atoms with E-state index >= 15 is 0 Å². The van der Waals surface area contributed by atoms with E-state index in [4.69, 9.17) is 32.6 Å². The summed E-state index contributed by atoms with van der Waals surface area (Å²) >= 11 is 14.1. The number of rotatable bonds is 5. The van der Waals surface area contributed by atoms with Gasteiger partial charge in [0.15, 0.2) is 5.17 Å². The molecule has 0 bridgehead atoms. The highest BCUT2D eigenvalue weighted by molar-refractivity contribution is 8.18. The summed E-state index contributed by atoms with van der Waals surface area (Å²) in [6, 6.07) is 20.9. The van der Waals surface area contributed by atoms with Crippen molar-refractivity contribution >= 4 is 57.8 Å². The summed E-state index contributed by atoms with van der Waals surface area (Å²) in [5, 5.41) is 1.59. The Morgan fingerprint density at radius 2 is 1.83 bits per heavy atom. The number of para-hydroxylation sites is 1. The highest BCUT2D eigenvalue weighted by Crippen LogP contribution is 2.37. The first-order chi connectivity index (χ1) is 16.9. The second kappa shape index (κ2) is 9.82. The number of hydrogen-bond acceptors (Lipinski definition) is 4. The number of carbonyl (C=O) groups is 1. The first-order valence-electron chi connectivity index (χ1n) is 10.9. The molecule has 1 aliphatic heterocycles. The molecule has 35 heavy (non-hydrogen) atoms. The molecule has 0 aliphatic carbocycles. The molecule has 1 fully saturated rings. The Morgan fingerprint density at radius 1 is 1.03 bits per heavy atom. The smallest absolute Gasteiger partial charge is 0.267 e. The number of aromatic nitrogens is 1. The van der Waals surface area contributed by atoms with Gasteiger partial charge in [0, 0.05) is 11.4 Å². The maximum atomic E-state index is 13.5. The Hall–Kier alpha value is -3.19. The second-order valence-electron chi connectivity index (χ2n) is 8.05. The van der Waals surface area contributed by atoms with Crippen LogP contribution in [0, 0.1) is 13.8 Å². The molecule has 8 heteroatoms. The van der Waals surface area contributed by atoms with Gasteiger partial charge in [-0.3, -0.25) is 9.69 Å². The van der Waals surface area contributed by atoms with Crippen molar-refractivity contribution in [3.8, 4) is 5.69 Å². The van der Waals surface area contributed by atoms with Crippen LogP contribution in [0.25, 0.3) is 11.8 Å². The van der Waals surface area contributed by atoms with Gasteiger partial charge in [0.2, 0.25) is 0 Å². The molecule has 0 unspecified atom stereocenters. The SMILES string of the molecule is Cc1cc(C=C2SC(=Nc3ccccc3)N(Cc3ccco3)C2=O)c(C)n1-c1cccc(Cl)c1Cl. The van der Waals surface area contributed by atoms with Crippen molar-refractivity contribution in [1.29, 1.82) is 0 Å². The Kier molecular flexibility index (Phi) is 6.60. The van der Waals surface area contributed by atoms with Crippen LogP contribution in [0.3, 0.4) is 0 Å². The monoisotopic (exact) mass is 521 g/mol. The van der Waals surface area contributed by atoms with Gasteiger partial charge in [-0.25, -0.2) is 4.99 Å². The average molecular weight is 522 g/mol. The zero-order chi connectivity index (χ0) is 24.5. The van der Waals surface area contributed by atoms with Crippen molar-refractivity contribution < 1.29 is 9.21 Å². The molecule has 2 aromatic heterocycles. The van der Waals surface area contributed by atoms with Crippen LogP contribution in [0.15, 0.2) is 87.3 Å². The summed E-state index contributed by atoms with van der Waals surface area (Å²) in [5.74, 6) is 0.571. The fourth-order valence-corrected chi connectivity index (χ4v) is 5.38. The molecule has 0 spiro atoms. The lowest BCUT2D eigenvalue weighted by atomic mass is 10.2. The molecule has 0 radical (unpaired) electrons. The van der Waals surface area contributed by atoms with Crippen LogP contribution in [0.4, 0.5) is 5.69 Å². The molecule has 1 amide bonds. The number of amides is 1. The van der Waals surface area contributed by atoms with Crippen molar-refractivity contribution in [1.82, 2.24) is 9.47 Å². The third-order valence-corrected chi connectivity index (χ3v) is 7.51. The van der Waals surface area contributed by atoms with Crippen LogP contribution in [0.1, 0.15) is 22.7 Å². The molecule has 0 atom stereocenters. The van der Waals surface area contributed by atoms with Crippen molar-refractivity contribution in [3.05, 3.63) is 111 Å². The fourth-order valence-electron chi connectivity index (χ4n) is 4.01. The minimum atomic E-state index is -0.119. The van der Waals surface area contributed by atoms with E-state index in [0.717, 1.165) is 28.3 Å². The first-order valence-corrected chi connectivity index (χ1v) is 12.5. The van der Waals surface area contributed by atoms with Crippen LogP contribution in [0.2, 0.25) is 10.0 Å². The van der Waals surface area contributed by atoms with Crippen molar-refractivity contribution in [2.24, 2.45) is 4.99 Å². The maximum absolute atomic E-state index is 13.5. The molecule has 1 aliphatic rings. The minimum Gasteiger partial charge on any atom is -0.467 e. The van der Waals surface area contributed by atoms with Gasteiger partial charge < -0.3 is 8.98 Å². The lowest BCUT2D eigenvalue weighted by Crippen LogP contribution is -2.28. The second-order valence-corrected chi connectivity index (χ2v) is 9.84. The van der Waals surface area contributed by atoms with Crippen LogP contribution >= 0.6 is 35.0 Å². The van der Waals surface area contributed by atoms with E-state index in [0.29, 0.717) is 32.4 Å². The van der Waals surface area contributed by atoms with Gasteiger partial charge in [0.05, 0.1) is 39.1 Å². The molecular formula is C27H21Cl2N3O2S. The summed E-state index contributed by atoms with van der Waals surface area (Å²) in [4.78, 5) is 20.5. The topological polar surface area (TPSA) is 50.7 Å². The summed E-state index contributed by atoms with van der Waals surface area (Å²) in [5.41, 5.74) is 4.45. The fraction of sp³-hybridized carbons (Fsp3) is 0.111. The average Bonchev–Trinajstić information content (AvgIpc) is 3.53. The van der Waals surface area contributed by atoms with Gasteiger partial charge in [-0.05, 0) is 79.7 Å². The Labute approximate surface area is 217 Å². The molecule has 1 saturated heterocycles. The summed E-state index contributed by atoms with van der Waals surface area (Å²) < 4.78 is 7.55. The first kappa shape index (κ1) is 23.5. The van der Waals surface area contributed by atoms with Crippen LogP contribution in [-0.4, -0.2) is 20.5 Å². The molecule has 0 saturated carbocycles. The number of thioether (sulfide) groups is 1. The Balaban J connectivity index is 1.54.